The number of nitrogens with zero attached hydrogens (tertiary/aromatic N) is 1. The highest BCUT2D eigenvalue weighted by Crippen LogP contribution is 2.21. The van der Waals surface area contributed by atoms with E-state index in [-0.39, 0.29) is 25.3 Å². The molecule has 0 spiro atoms. The average Bonchev–Trinajstić information content (AvgIpc) is 2.51. The zero-order valence-electron chi connectivity index (χ0n) is 11.6. The van der Waals surface area contributed by atoms with Crippen molar-refractivity contribution in [2.75, 3.05) is 26.0 Å². The predicted octanol–water partition coefficient (Wildman–Crippen LogP) is 1.36. The molecule has 0 saturated heterocycles. The number of carbonyl (C=O) groups excluding carboxylic acids is 2. The van der Waals surface area contributed by atoms with E-state index >= 15 is 0 Å². The number of hydrogen-bond acceptors (Lipinski definition) is 6. The molecule has 0 radical (unpaired) electrons. The number of amides is 1. The maximum absolute atomic E-state index is 11.5. The summed E-state index contributed by atoms with van der Waals surface area (Å²) in [5.74, 6) is -0.00656. The summed E-state index contributed by atoms with van der Waals surface area (Å²) in [5.41, 5.74) is 0. The van der Waals surface area contributed by atoms with Crippen molar-refractivity contribution in [2.45, 2.75) is 11.3 Å². The molecule has 0 unspecified atom stereocenters. The molecule has 7 heteroatoms. The topological polar surface area (TPSA) is 88.4 Å². The van der Waals surface area contributed by atoms with Crippen molar-refractivity contribution in [1.29, 1.82) is 5.26 Å². The molecule has 0 aliphatic heterocycles. The van der Waals surface area contributed by atoms with Gasteiger partial charge in [-0.15, -0.1) is 11.8 Å². The van der Waals surface area contributed by atoms with Crippen molar-refractivity contribution < 1.29 is 19.1 Å². The molecule has 0 aliphatic carbocycles. The number of thioether (sulfide) groups is 1. The van der Waals surface area contributed by atoms with E-state index < -0.39 is 11.9 Å². The molecule has 6 nitrogen and oxygen atoms in total. The summed E-state index contributed by atoms with van der Waals surface area (Å²) in [7, 11) is 1.58. The second-order valence-corrected chi connectivity index (χ2v) is 4.93. The second-order valence-electron chi connectivity index (χ2n) is 3.88. The van der Waals surface area contributed by atoms with Crippen LogP contribution in [-0.4, -0.2) is 37.9 Å². The highest BCUT2D eigenvalue weighted by Gasteiger charge is 2.08. The molecule has 1 amide bonds. The van der Waals surface area contributed by atoms with Crippen LogP contribution < -0.4 is 10.1 Å². The van der Waals surface area contributed by atoms with Crippen LogP contribution >= 0.6 is 11.8 Å². The van der Waals surface area contributed by atoms with Gasteiger partial charge < -0.3 is 14.8 Å². The highest BCUT2D eigenvalue weighted by molar-refractivity contribution is 8.00. The smallest absolute Gasteiger partial charge is 0.316 e. The fourth-order valence-electron chi connectivity index (χ4n) is 1.31. The van der Waals surface area contributed by atoms with Gasteiger partial charge in [0.05, 0.1) is 25.4 Å². The van der Waals surface area contributed by atoms with E-state index in [9.17, 15) is 9.59 Å². The van der Waals surface area contributed by atoms with Gasteiger partial charge in [-0.3, -0.25) is 9.59 Å². The van der Waals surface area contributed by atoms with Crippen molar-refractivity contribution in [3.8, 4) is 11.8 Å². The molecule has 0 aromatic heterocycles. The summed E-state index contributed by atoms with van der Waals surface area (Å²) < 4.78 is 9.86. The molecular weight excluding hydrogens is 292 g/mol. The minimum atomic E-state index is -0.466. The maximum atomic E-state index is 11.5. The van der Waals surface area contributed by atoms with Gasteiger partial charge in [-0.2, -0.15) is 5.26 Å². The van der Waals surface area contributed by atoms with Gasteiger partial charge in [0.25, 0.3) is 5.91 Å². The molecule has 0 fully saturated rings. The highest BCUT2D eigenvalue weighted by atomic mass is 32.2. The van der Waals surface area contributed by atoms with E-state index in [1.165, 1.54) is 11.8 Å². The minimum Gasteiger partial charge on any atom is -0.497 e. The van der Waals surface area contributed by atoms with E-state index in [2.05, 4.69) is 5.32 Å². The number of ether oxygens (including phenoxy) is 2. The Morgan fingerprint density at radius 1 is 1.33 bits per heavy atom. The number of carbonyl (C=O) groups is 2. The summed E-state index contributed by atoms with van der Waals surface area (Å²) in [4.78, 5) is 23.6. The molecule has 21 heavy (non-hydrogen) atoms. The molecule has 0 bridgehead atoms. The van der Waals surface area contributed by atoms with Crippen LogP contribution in [0.3, 0.4) is 0 Å². The largest absolute Gasteiger partial charge is 0.497 e. The Labute approximate surface area is 127 Å². The third-order valence-corrected chi connectivity index (χ3v) is 3.32. The monoisotopic (exact) mass is 308 g/mol. The van der Waals surface area contributed by atoms with E-state index in [1.807, 2.05) is 18.2 Å². The molecule has 0 aliphatic rings. The number of esters is 1. The lowest BCUT2D eigenvalue weighted by Crippen LogP contribution is -2.29. The Balaban J connectivity index is 2.21. The number of rotatable bonds is 8. The summed E-state index contributed by atoms with van der Waals surface area (Å²) in [6.45, 7) is -0.0685. The Bertz CT molecular complexity index is 511. The van der Waals surface area contributed by atoms with Crippen LogP contribution in [0.15, 0.2) is 29.2 Å². The zero-order valence-corrected chi connectivity index (χ0v) is 12.4. The van der Waals surface area contributed by atoms with Crippen LogP contribution in [-0.2, 0) is 14.3 Å². The van der Waals surface area contributed by atoms with Crippen molar-refractivity contribution in [1.82, 2.24) is 5.32 Å². The molecule has 1 rings (SSSR count). The van der Waals surface area contributed by atoms with Gasteiger partial charge in [0.1, 0.15) is 5.75 Å². The van der Waals surface area contributed by atoms with Gasteiger partial charge in [0.15, 0.2) is 6.61 Å². The summed E-state index contributed by atoms with van der Waals surface area (Å²) >= 11 is 1.32. The molecule has 0 atom stereocenters. The quantitative estimate of drug-likeness (QED) is 0.443. The molecule has 0 saturated carbocycles. The van der Waals surface area contributed by atoms with Gasteiger partial charge in [-0.25, -0.2) is 0 Å². The lowest BCUT2D eigenvalue weighted by Gasteiger charge is -2.05. The SMILES string of the molecule is COc1ccc(SCC(=O)OCC(=O)NCCC#N)cc1. The maximum Gasteiger partial charge on any atom is 0.316 e. The number of hydrogen-bond donors (Lipinski definition) is 1. The van der Waals surface area contributed by atoms with E-state index in [4.69, 9.17) is 14.7 Å². The second kappa shape index (κ2) is 9.66. The van der Waals surface area contributed by atoms with Crippen LogP contribution in [0.5, 0.6) is 5.75 Å². The van der Waals surface area contributed by atoms with Crippen molar-refractivity contribution >= 4 is 23.6 Å². The summed E-state index contributed by atoms with van der Waals surface area (Å²) in [6.07, 6.45) is 0.229. The predicted molar refractivity (Wildman–Crippen MR) is 77.9 cm³/mol. The fourth-order valence-corrected chi connectivity index (χ4v) is 2.01. The van der Waals surface area contributed by atoms with Crippen LogP contribution in [0.2, 0.25) is 0 Å². The van der Waals surface area contributed by atoms with Crippen LogP contribution in [0.1, 0.15) is 6.42 Å². The first kappa shape index (κ1) is 16.9. The van der Waals surface area contributed by atoms with Gasteiger partial charge >= 0.3 is 5.97 Å². The summed E-state index contributed by atoms with van der Waals surface area (Å²) in [5, 5.41) is 10.8. The molecule has 0 heterocycles. The van der Waals surface area contributed by atoms with Crippen LogP contribution in [0.4, 0.5) is 0 Å². The Morgan fingerprint density at radius 2 is 2.05 bits per heavy atom. The molecular formula is C14H16N2O4S. The lowest BCUT2D eigenvalue weighted by atomic mass is 10.3. The van der Waals surface area contributed by atoms with Gasteiger partial charge in [-0.05, 0) is 24.3 Å². The third-order valence-electron chi connectivity index (χ3n) is 2.34. The number of nitrogens with one attached hydrogen (secondary N) is 1. The first-order valence-corrected chi connectivity index (χ1v) is 7.20. The molecule has 1 N–H and O–H groups in total. The number of methoxy groups -OCH3 is 1. The van der Waals surface area contributed by atoms with Crippen LogP contribution in [0, 0.1) is 11.3 Å². The number of benzene rings is 1. The average molecular weight is 308 g/mol. The fraction of sp³-hybridized carbons (Fsp3) is 0.357. The number of nitriles is 1. The lowest BCUT2D eigenvalue weighted by molar-refractivity contribution is -0.145. The van der Waals surface area contributed by atoms with E-state index in [0.717, 1.165) is 10.6 Å². The first-order valence-electron chi connectivity index (χ1n) is 6.22. The first-order chi connectivity index (χ1) is 10.2. The summed E-state index contributed by atoms with van der Waals surface area (Å²) in [6, 6.07) is 9.18. The third kappa shape index (κ3) is 7.22. The molecule has 1 aromatic rings. The van der Waals surface area contributed by atoms with Crippen molar-refractivity contribution in [3.05, 3.63) is 24.3 Å². The van der Waals surface area contributed by atoms with Crippen molar-refractivity contribution in [3.63, 3.8) is 0 Å². The Kier molecular flexibility index (Phi) is 7.76. The van der Waals surface area contributed by atoms with E-state index in [1.54, 1.807) is 19.2 Å². The standard InChI is InChI=1S/C14H16N2O4S/c1-19-11-3-5-12(6-4-11)21-10-14(18)20-9-13(17)16-8-2-7-15/h3-6H,2,8-10H2,1H3,(H,16,17). The normalized spacial score (nSPS) is 9.52. The molecule has 1 aromatic carbocycles. The Hall–Kier alpha value is -2.20. The van der Waals surface area contributed by atoms with E-state index in [0.29, 0.717) is 0 Å². The Morgan fingerprint density at radius 3 is 2.67 bits per heavy atom. The van der Waals surface area contributed by atoms with Crippen LogP contribution in [0.25, 0.3) is 0 Å². The van der Waals surface area contributed by atoms with Gasteiger partial charge in [0.2, 0.25) is 0 Å². The van der Waals surface area contributed by atoms with Gasteiger partial charge in [0, 0.05) is 11.4 Å². The zero-order chi connectivity index (χ0) is 15.5. The van der Waals surface area contributed by atoms with Crippen molar-refractivity contribution in [2.24, 2.45) is 0 Å². The minimum absolute atomic E-state index is 0.123. The van der Waals surface area contributed by atoms with Gasteiger partial charge in [-0.1, -0.05) is 0 Å². The molecule has 112 valence electrons.